The van der Waals surface area contributed by atoms with E-state index in [4.69, 9.17) is 11.5 Å². The van der Waals surface area contributed by atoms with Crippen LogP contribution in [0.3, 0.4) is 0 Å². The van der Waals surface area contributed by atoms with Crippen LogP contribution in [-0.4, -0.2) is 83.4 Å². The molecule has 8 N–H and O–H groups in total. The Balaban J connectivity index is 1.47. The van der Waals surface area contributed by atoms with E-state index in [0.29, 0.717) is 25.8 Å². The maximum absolute atomic E-state index is 14.0. The lowest BCUT2D eigenvalue weighted by molar-refractivity contribution is -0.152. The molecule has 0 saturated carbocycles. The number of aromatic hydroxyl groups is 1. The molecule has 2 heterocycles. The average Bonchev–Trinajstić information content (AvgIpc) is 3.05. The molecule has 11 nitrogen and oxygen atoms in total. The summed E-state index contributed by atoms with van der Waals surface area (Å²) < 4.78 is 0. The van der Waals surface area contributed by atoms with Crippen molar-refractivity contribution >= 4 is 23.5 Å². The second-order valence-electron chi connectivity index (χ2n) is 13.5. The Labute approximate surface area is 278 Å². The highest BCUT2D eigenvalue weighted by Crippen LogP contribution is 2.30. The zero-order chi connectivity index (χ0) is 33.9. The molecule has 2 aromatic carbocycles. The van der Waals surface area contributed by atoms with E-state index in [1.807, 2.05) is 49.1 Å². The number of hydrogen-bond acceptors (Lipinski definition) is 8. The maximum atomic E-state index is 14.0. The number of piperazine rings is 1. The third-order valence-corrected chi connectivity index (χ3v) is 9.20. The standard InChI is InChI=1S/C36H52N6O5/c1-23(2)16-26(34(45)40-31(10-6-7-15-37)36(47)42-27-20-28(42)22-39-21-27)19-33(44)32(18-24-8-4-3-5-9-24)41-35(46)30(38)17-25-11-13-29(43)14-12-25/h3-5,8-9,11-14,23,26-28,30-32,39,43H,6-7,10,15-22,37-38H2,1-2H3,(H,40,45)(H,41,46). The summed E-state index contributed by atoms with van der Waals surface area (Å²) in [7, 11) is 0. The summed E-state index contributed by atoms with van der Waals surface area (Å²) in [4.78, 5) is 56.7. The van der Waals surface area contributed by atoms with Crippen molar-refractivity contribution in [3.63, 3.8) is 0 Å². The number of nitrogens with zero attached hydrogens (tertiary/aromatic N) is 1. The number of fused-ring (bicyclic) bond motifs is 2. The fourth-order valence-electron chi connectivity index (χ4n) is 6.65. The van der Waals surface area contributed by atoms with Gasteiger partial charge in [0, 0.05) is 37.5 Å². The molecule has 2 fully saturated rings. The number of benzene rings is 2. The summed E-state index contributed by atoms with van der Waals surface area (Å²) in [6.07, 6.45) is 3.75. The topological polar surface area (TPSA) is 180 Å². The van der Waals surface area contributed by atoms with Gasteiger partial charge in [0.05, 0.1) is 12.1 Å². The molecular formula is C36H52N6O5. The molecule has 2 aliphatic heterocycles. The van der Waals surface area contributed by atoms with Crippen molar-refractivity contribution in [1.82, 2.24) is 20.9 Å². The number of piperidine rings is 1. The van der Waals surface area contributed by atoms with Crippen LogP contribution in [0, 0.1) is 11.8 Å². The monoisotopic (exact) mass is 648 g/mol. The lowest BCUT2D eigenvalue weighted by atomic mass is 9.86. The van der Waals surface area contributed by atoms with Gasteiger partial charge in [-0.1, -0.05) is 56.3 Å². The number of carbonyl (C=O) groups is 4. The first-order valence-electron chi connectivity index (χ1n) is 17.0. The number of hydrogen-bond donors (Lipinski definition) is 6. The summed E-state index contributed by atoms with van der Waals surface area (Å²) in [5.74, 6) is -1.57. The number of carbonyl (C=O) groups excluding carboxylic acids is 4. The lowest BCUT2D eigenvalue weighted by Gasteiger charge is -2.54. The van der Waals surface area contributed by atoms with Crippen molar-refractivity contribution in [3.05, 3.63) is 65.7 Å². The third kappa shape index (κ3) is 10.3. The zero-order valence-electron chi connectivity index (χ0n) is 27.7. The molecule has 2 aliphatic rings. The Hall–Kier alpha value is -3.80. The van der Waals surface area contributed by atoms with E-state index in [1.54, 1.807) is 12.1 Å². The quantitative estimate of drug-likeness (QED) is 0.132. The van der Waals surface area contributed by atoms with Gasteiger partial charge in [-0.25, -0.2) is 0 Å². The van der Waals surface area contributed by atoms with Crippen molar-refractivity contribution in [1.29, 1.82) is 0 Å². The van der Waals surface area contributed by atoms with Crippen LogP contribution in [0.5, 0.6) is 5.75 Å². The van der Waals surface area contributed by atoms with Gasteiger partial charge in [-0.3, -0.25) is 19.2 Å². The summed E-state index contributed by atoms with van der Waals surface area (Å²) in [5, 5.41) is 18.8. The van der Waals surface area contributed by atoms with Crippen LogP contribution in [0.2, 0.25) is 0 Å². The van der Waals surface area contributed by atoms with Gasteiger partial charge in [-0.15, -0.1) is 0 Å². The van der Waals surface area contributed by atoms with Gasteiger partial charge in [0.1, 0.15) is 11.8 Å². The molecule has 2 bridgehead atoms. The predicted octanol–water partition coefficient (Wildman–Crippen LogP) is 1.80. The number of rotatable bonds is 18. The third-order valence-electron chi connectivity index (χ3n) is 9.20. The smallest absolute Gasteiger partial charge is 0.245 e. The minimum atomic E-state index is -0.920. The molecule has 3 amide bonds. The van der Waals surface area contributed by atoms with Gasteiger partial charge in [-0.2, -0.15) is 0 Å². The second-order valence-corrected chi connectivity index (χ2v) is 13.5. The van der Waals surface area contributed by atoms with E-state index in [2.05, 4.69) is 16.0 Å². The number of unbranched alkanes of at least 4 members (excludes halogenated alkanes) is 1. The molecule has 0 aromatic heterocycles. The van der Waals surface area contributed by atoms with E-state index < -0.39 is 30.0 Å². The van der Waals surface area contributed by atoms with Crippen molar-refractivity contribution in [2.24, 2.45) is 23.3 Å². The predicted molar refractivity (Wildman–Crippen MR) is 181 cm³/mol. The molecule has 0 radical (unpaired) electrons. The van der Waals surface area contributed by atoms with E-state index >= 15 is 0 Å². The molecule has 0 aliphatic carbocycles. The zero-order valence-corrected chi connectivity index (χ0v) is 27.7. The Kier molecular flexibility index (Phi) is 13.3. The van der Waals surface area contributed by atoms with Crippen molar-refractivity contribution in [3.8, 4) is 5.75 Å². The van der Waals surface area contributed by atoms with Gasteiger partial charge < -0.3 is 37.4 Å². The Morgan fingerprint density at radius 2 is 1.53 bits per heavy atom. The van der Waals surface area contributed by atoms with Crippen molar-refractivity contribution < 1.29 is 24.3 Å². The Bertz CT molecular complexity index is 1320. The summed E-state index contributed by atoms with van der Waals surface area (Å²) in [6, 6.07) is 13.6. The van der Waals surface area contributed by atoms with Crippen molar-refractivity contribution in [2.45, 2.75) is 95.4 Å². The highest BCUT2D eigenvalue weighted by Gasteiger charge is 2.46. The number of ketones is 1. The fraction of sp³-hybridized carbons (Fsp3) is 0.556. The normalized spacial score (nSPS) is 19.6. The SMILES string of the molecule is CC(C)CC(CC(=O)C(Cc1ccccc1)NC(=O)C(N)Cc1ccc(O)cc1)C(=O)NC(CCCCN)C(=O)N1C2CNCC1C2. The first-order valence-corrected chi connectivity index (χ1v) is 17.0. The van der Waals surface area contributed by atoms with Gasteiger partial charge in [-0.05, 0) is 80.7 Å². The number of nitrogens with two attached hydrogens (primary N) is 2. The first-order chi connectivity index (χ1) is 22.5. The van der Waals surface area contributed by atoms with Gasteiger partial charge in [0.25, 0.3) is 0 Å². The Morgan fingerprint density at radius 3 is 2.15 bits per heavy atom. The van der Waals surface area contributed by atoms with Crippen LogP contribution in [0.15, 0.2) is 54.6 Å². The highest BCUT2D eigenvalue weighted by molar-refractivity contribution is 5.95. The average molecular weight is 649 g/mol. The summed E-state index contributed by atoms with van der Waals surface area (Å²) >= 11 is 0. The highest BCUT2D eigenvalue weighted by atomic mass is 16.3. The minimum Gasteiger partial charge on any atom is -0.508 e. The molecular weight excluding hydrogens is 596 g/mol. The summed E-state index contributed by atoms with van der Waals surface area (Å²) in [5.41, 5.74) is 13.6. The van der Waals surface area contributed by atoms with Crippen LogP contribution in [0.1, 0.15) is 63.5 Å². The molecule has 6 unspecified atom stereocenters. The fourth-order valence-corrected chi connectivity index (χ4v) is 6.65. The largest absolute Gasteiger partial charge is 0.508 e. The Morgan fingerprint density at radius 1 is 0.894 bits per heavy atom. The molecule has 256 valence electrons. The number of amides is 3. The summed E-state index contributed by atoms with van der Waals surface area (Å²) in [6.45, 7) is 6.00. The molecule has 6 atom stereocenters. The van der Waals surface area contributed by atoms with E-state index in [1.165, 1.54) is 12.1 Å². The van der Waals surface area contributed by atoms with Gasteiger partial charge in [0.15, 0.2) is 5.78 Å². The maximum Gasteiger partial charge on any atom is 0.245 e. The molecule has 11 heteroatoms. The van der Waals surface area contributed by atoms with Crippen LogP contribution in [0.4, 0.5) is 0 Å². The van der Waals surface area contributed by atoms with Crippen molar-refractivity contribution in [2.75, 3.05) is 19.6 Å². The number of nitrogens with one attached hydrogen (secondary N) is 3. The number of Topliss-reactive ketones (excluding diaryl/α,β-unsaturated/α-hetero) is 1. The van der Waals surface area contributed by atoms with E-state index in [9.17, 15) is 24.3 Å². The molecule has 2 saturated heterocycles. The van der Waals surface area contributed by atoms with Crippen LogP contribution in [0.25, 0.3) is 0 Å². The molecule has 2 aromatic rings. The first kappa shape index (κ1) is 36.0. The van der Waals surface area contributed by atoms with Crippen LogP contribution >= 0.6 is 0 Å². The minimum absolute atomic E-state index is 0.0652. The number of phenols is 1. The molecule has 47 heavy (non-hydrogen) atoms. The van der Waals surface area contributed by atoms with E-state index in [-0.39, 0.29) is 60.6 Å². The van der Waals surface area contributed by atoms with Gasteiger partial charge >= 0.3 is 0 Å². The second kappa shape index (κ2) is 17.4. The number of phenolic OH excluding ortho intramolecular Hbond substituents is 1. The van der Waals surface area contributed by atoms with Gasteiger partial charge in [0.2, 0.25) is 17.7 Å². The molecule has 4 rings (SSSR count). The lowest BCUT2D eigenvalue weighted by Crippen LogP contribution is -2.71. The van der Waals surface area contributed by atoms with Crippen LogP contribution in [-0.2, 0) is 32.0 Å². The van der Waals surface area contributed by atoms with E-state index in [0.717, 1.165) is 37.1 Å². The van der Waals surface area contributed by atoms with Crippen LogP contribution < -0.4 is 27.4 Å². The molecule has 0 spiro atoms.